The Morgan fingerprint density at radius 2 is 1.75 bits per heavy atom. The molecular weight excluding hydrogens is 124 g/mol. The number of hydrogen-bond acceptors (Lipinski definition) is 1. The van der Waals surface area contributed by atoms with Gasteiger partial charge < -0.3 is 0 Å². The zero-order chi connectivity index (χ0) is 6.78. The van der Waals surface area contributed by atoms with Gasteiger partial charge in [0.25, 0.3) is 0 Å². The van der Waals surface area contributed by atoms with Crippen LogP contribution in [0.1, 0.15) is 27.7 Å². The zero-order valence-electron chi connectivity index (χ0n) is 5.86. The smallest absolute Gasteiger partial charge is 0.0810 e. The van der Waals surface area contributed by atoms with Crippen LogP contribution in [0.5, 0.6) is 0 Å². The quantitative estimate of drug-likeness (QED) is 0.539. The summed E-state index contributed by atoms with van der Waals surface area (Å²) >= 11 is 5.14. The van der Waals surface area contributed by atoms with Crippen molar-refractivity contribution in [1.82, 2.24) is 0 Å². The van der Waals surface area contributed by atoms with Crippen LogP contribution in [-0.2, 0) is 4.29 Å². The first-order chi connectivity index (χ1) is 3.48. The van der Waals surface area contributed by atoms with E-state index >= 15 is 0 Å². The summed E-state index contributed by atoms with van der Waals surface area (Å²) in [6.07, 6.45) is 0.115. The molecule has 0 aromatic carbocycles. The van der Waals surface area contributed by atoms with Crippen LogP contribution in [0.2, 0.25) is 0 Å². The number of rotatable bonds is 1. The van der Waals surface area contributed by atoms with Crippen molar-refractivity contribution in [1.29, 1.82) is 0 Å². The molecule has 0 bridgehead atoms. The van der Waals surface area contributed by atoms with Crippen molar-refractivity contribution in [2.75, 3.05) is 0 Å². The summed E-state index contributed by atoms with van der Waals surface area (Å²) in [5, 5.41) is 0. The summed E-state index contributed by atoms with van der Waals surface area (Å²) in [5.41, 5.74) is 0.155. The van der Waals surface area contributed by atoms with Crippen LogP contribution < -0.4 is 0 Å². The SMILES string of the molecule is CC(OCl)C(C)(C)C. The van der Waals surface area contributed by atoms with Crippen molar-refractivity contribution in [3.8, 4) is 0 Å². The van der Waals surface area contributed by atoms with Crippen molar-refractivity contribution >= 4 is 11.9 Å². The van der Waals surface area contributed by atoms with Crippen molar-refractivity contribution in [3.05, 3.63) is 0 Å². The van der Waals surface area contributed by atoms with E-state index in [1.54, 1.807) is 0 Å². The first-order valence-electron chi connectivity index (χ1n) is 2.76. The molecule has 50 valence electrons. The molecule has 1 atom stereocenters. The minimum absolute atomic E-state index is 0.115. The second-order valence-electron chi connectivity index (χ2n) is 3.10. The molecule has 0 aliphatic heterocycles. The molecule has 0 aromatic rings. The maximum Gasteiger partial charge on any atom is 0.0810 e. The molecule has 0 radical (unpaired) electrons. The van der Waals surface area contributed by atoms with E-state index in [0.717, 1.165) is 0 Å². The monoisotopic (exact) mass is 136 g/mol. The lowest BCUT2D eigenvalue weighted by Gasteiger charge is -2.23. The Morgan fingerprint density at radius 3 is 1.75 bits per heavy atom. The molecule has 0 saturated heterocycles. The second kappa shape index (κ2) is 2.70. The predicted molar refractivity (Wildman–Crippen MR) is 35.9 cm³/mol. The molecular formula is C6H13ClO. The molecule has 0 saturated carbocycles. The molecule has 0 aromatic heterocycles. The fourth-order valence-electron chi connectivity index (χ4n) is 0.134. The van der Waals surface area contributed by atoms with Gasteiger partial charge in [0, 0.05) is 0 Å². The molecule has 0 fully saturated rings. The molecule has 0 amide bonds. The Morgan fingerprint density at radius 1 is 1.38 bits per heavy atom. The third-order valence-electron chi connectivity index (χ3n) is 1.35. The van der Waals surface area contributed by atoms with Gasteiger partial charge in [-0.2, -0.15) is 0 Å². The van der Waals surface area contributed by atoms with Gasteiger partial charge >= 0.3 is 0 Å². The molecule has 0 N–H and O–H groups in total. The maximum absolute atomic E-state index is 5.14. The Bertz CT molecular complexity index is 65.4. The first kappa shape index (κ1) is 8.25. The summed E-state index contributed by atoms with van der Waals surface area (Å²) in [6.45, 7) is 8.20. The third-order valence-corrected chi connectivity index (χ3v) is 1.62. The van der Waals surface area contributed by atoms with Gasteiger partial charge in [0.15, 0.2) is 0 Å². The minimum atomic E-state index is 0.115. The molecule has 0 spiro atoms. The molecule has 2 heteroatoms. The highest BCUT2D eigenvalue weighted by molar-refractivity contribution is 6.07. The van der Waals surface area contributed by atoms with Crippen LogP contribution >= 0.6 is 11.9 Å². The summed E-state index contributed by atoms with van der Waals surface area (Å²) in [6, 6.07) is 0. The van der Waals surface area contributed by atoms with E-state index < -0.39 is 0 Å². The largest absolute Gasteiger partial charge is 0.276 e. The van der Waals surface area contributed by atoms with Crippen LogP contribution in [0.3, 0.4) is 0 Å². The van der Waals surface area contributed by atoms with E-state index in [-0.39, 0.29) is 11.5 Å². The molecule has 0 aliphatic rings. The first-order valence-corrected chi connectivity index (χ1v) is 3.06. The Labute approximate surface area is 56.2 Å². The van der Waals surface area contributed by atoms with Crippen molar-refractivity contribution in [2.45, 2.75) is 33.8 Å². The number of halogens is 1. The van der Waals surface area contributed by atoms with Gasteiger partial charge in [0.05, 0.1) is 18.0 Å². The Balaban J connectivity index is 3.62. The van der Waals surface area contributed by atoms with Crippen LogP contribution in [0.25, 0.3) is 0 Å². The lowest BCUT2D eigenvalue weighted by Crippen LogP contribution is -2.22. The van der Waals surface area contributed by atoms with Crippen LogP contribution in [-0.4, -0.2) is 6.10 Å². The van der Waals surface area contributed by atoms with Crippen LogP contribution in [0, 0.1) is 5.41 Å². The Hall–Kier alpha value is 0.250. The highest BCUT2D eigenvalue weighted by Crippen LogP contribution is 2.21. The topological polar surface area (TPSA) is 9.23 Å². The molecule has 8 heavy (non-hydrogen) atoms. The fraction of sp³-hybridized carbons (Fsp3) is 1.00. The van der Waals surface area contributed by atoms with E-state index in [0.29, 0.717) is 0 Å². The van der Waals surface area contributed by atoms with Gasteiger partial charge in [-0.3, -0.25) is 4.29 Å². The summed E-state index contributed by atoms with van der Waals surface area (Å²) in [7, 11) is 0. The van der Waals surface area contributed by atoms with E-state index in [1.807, 2.05) is 6.92 Å². The molecule has 1 unspecified atom stereocenters. The molecule has 1 nitrogen and oxygen atoms in total. The minimum Gasteiger partial charge on any atom is -0.276 e. The summed E-state index contributed by atoms with van der Waals surface area (Å²) in [5.74, 6) is 0. The van der Waals surface area contributed by atoms with Gasteiger partial charge in [-0.15, -0.1) is 0 Å². The normalized spacial score (nSPS) is 16.1. The van der Waals surface area contributed by atoms with E-state index in [2.05, 4.69) is 25.1 Å². The van der Waals surface area contributed by atoms with Gasteiger partial charge in [-0.25, -0.2) is 0 Å². The summed E-state index contributed by atoms with van der Waals surface area (Å²) < 4.78 is 4.59. The van der Waals surface area contributed by atoms with Gasteiger partial charge in [-0.1, -0.05) is 20.8 Å². The Kier molecular flexibility index (Phi) is 2.78. The molecule has 0 aliphatic carbocycles. The standard InChI is InChI=1S/C6H13ClO/c1-5(8-7)6(2,3)4/h5H,1-4H3. The molecule has 0 rings (SSSR count). The van der Waals surface area contributed by atoms with Crippen molar-refractivity contribution < 1.29 is 4.29 Å². The highest BCUT2D eigenvalue weighted by atomic mass is 35.5. The summed E-state index contributed by atoms with van der Waals surface area (Å²) in [4.78, 5) is 0. The zero-order valence-corrected chi connectivity index (χ0v) is 6.62. The lowest BCUT2D eigenvalue weighted by atomic mass is 9.91. The van der Waals surface area contributed by atoms with Gasteiger partial charge in [-0.05, 0) is 12.3 Å². The fourth-order valence-corrected chi connectivity index (χ4v) is 0.401. The van der Waals surface area contributed by atoms with Gasteiger partial charge in [0.2, 0.25) is 0 Å². The number of hydrogen-bond donors (Lipinski definition) is 0. The van der Waals surface area contributed by atoms with Crippen LogP contribution in [0.4, 0.5) is 0 Å². The maximum atomic E-state index is 5.14. The average Bonchev–Trinajstić information content (AvgIpc) is 1.62. The second-order valence-corrected chi connectivity index (χ2v) is 3.28. The lowest BCUT2D eigenvalue weighted by molar-refractivity contribution is 0.116. The van der Waals surface area contributed by atoms with Crippen LogP contribution in [0.15, 0.2) is 0 Å². The predicted octanol–water partition coefficient (Wildman–Crippen LogP) is 2.59. The average molecular weight is 137 g/mol. The van der Waals surface area contributed by atoms with Crippen molar-refractivity contribution in [2.24, 2.45) is 5.41 Å². The van der Waals surface area contributed by atoms with E-state index in [9.17, 15) is 0 Å². The van der Waals surface area contributed by atoms with Crippen molar-refractivity contribution in [3.63, 3.8) is 0 Å². The van der Waals surface area contributed by atoms with Gasteiger partial charge in [0.1, 0.15) is 0 Å². The van der Waals surface area contributed by atoms with E-state index in [1.165, 1.54) is 0 Å². The molecule has 0 heterocycles. The van der Waals surface area contributed by atoms with E-state index in [4.69, 9.17) is 11.9 Å². The third kappa shape index (κ3) is 2.53. The highest BCUT2D eigenvalue weighted by Gasteiger charge is 2.19.